The van der Waals surface area contributed by atoms with Crippen molar-refractivity contribution < 1.29 is 4.74 Å². The third-order valence-corrected chi connectivity index (χ3v) is 2.27. The normalized spacial score (nSPS) is 13.1. The Hall–Kier alpha value is -2.30. The van der Waals surface area contributed by atoms with Crippen LogP contribution in [-0.4, -0.2) is 9.97 Å². The van der Waals surface area contributed by atoms with Gasteiger partial charge in [0, 0.05) is 17.7 Å². The molecule has 0 unspecified atom stereocenters. The zero-order chi connectivity index (χ0) is 10.3. The predicted molar refractivity (Wildman–Crippen MR) is 57.3 cm³/mol. The number of anilines is 2. The van der Waals surface area contributed by atoms with Crippen molar-refractivity contribution in [3.8, 4) is 5.75 Å². The Morgan fingerprint density at radius 3 is 3.13 bits per heavy atom. The van der Waals surface area contributed by atoms with Crippen LogP contribution in [0.4, 0.5) is 11.5 Å². The number of aromatic nitrogens is 2. The van der Waals surface area contributed by atoms with Gasteiger partial charge in [-0.15, -0.1) is 0 Å². The maximum atomic E-state index is 5.75. The molecule has 1 aliphatic rings. The summed E-state index contributed by atoms with van der Waals surface area (Å²) in [7, 11) is 0. The highest BCUT2D eigenvalue weighted by Crippen LogP contribution is 2.32. The first kappa shape index (κ1) is 8.05. The minimum atomic E-state index is 0.471. The summed E-state index contributed by atoms with van der Waals surface area (Å²) >= 11 is 0. The molecule has 0 bridgehead atoms. The third kappa shape index (κ3) is 1.17. The van der Waals surface area contributed by atoms with E-state index in [-0.39, 0.29) is 0 Å². The van der Waals surface area contributed by atoms with E-state index in [4.69, 9.17) is 10.5 Å². The lowest BCUT2D eigenvalue weighted by atomic mass is 10.2. The van der Waals surface area contributed by atoms with E-state index < -0.39 is 0 Å². The molecule has 0 fully saturated rings. The van der Waals surface area contributed by atoms with Gasteiger partial charge in [0.1, 0.15) is 18.4 Å². The molecule has 3 rings (SSSR count). The molecule has 15 heavy (non-hydrogen) atoms. The number of nitrogens with one attached hydrogen (secondary N) is 1. The van der Waals surface area contributed by atoms with E-state index in [1.807, 2.05) is 12.1 Å². The molecule has 0 spiro atoms. The van der Waals surface area contributed by atoms with Crippen LogP contribution in [0.3, 0.4) is 0 Å². The Morgan fingerprint density at radius 1 is 1.27 bits per heavy atom. The van der Waals surface area contributed by atoms with Crippen molar-refractivity contribution in [1.82, 2.24) is 9.97 Å². The van der Waals surface area contributed by atoms with Crippen molar-refractivity contribution in [2.24, 2.45) is 0 Å². The van der Waals surface area contributed by atoms with E-state index in [9.17, 15) is 0 Å². The zero-order valence-corrected chi connectivity index (χ0v) is 7.77. The highest BCUT2D eigenvalue weighted by Gasteiger charge is 2.10. The molecule has 0 atom stereocenters. The minimum absolute atomic E-state index is 0.471. The van der Waals surface area contributed by atoms with E-state index in [0.29, 0.717) is 5.82 Å². The molecule has 5 heteroatoms. The lowest BCUT2D eigenvalue weighted by Crippen LogP contribution is -2.01. The number of nitrogens with zero attached hydrogens (tertiary/aromatic N) is 2. The average Bonchev–Trinajstić information content (AvgIpc) is 2.27. The number of benzene rings is 1. The Balaban J connectivity index is 2.33. The summed E-state index contributed by atoms with van der Waals surface area (Å²) < 4.78 is 5.33. The quantitative estimate of drug-likeness (QED) is 0.674. The van der Waals surface area contributed by atoms with Gasteiger partial charge in [-0.25, -0.2) is 9.97 Å². The van der Waals surface area contributed by atoms with E-state index in [1.165, 1.54) is 6.33 Å². The van der Waals surface area contributed by atoms with Gasteiger partial charge in [0.05, 0.1) is 11.2 Å². The molecule has 3 N–H and O–H groups in total. The monoisotopic (exact) mass is 200 g/mol. The van der Waals surface area contributed by atoms with Gasteiger partial charge < -0.3 is 15.8 Å². The van der Waals surface area contributed by atoms with Gasteiger partial charge in [-0.2, -0.15) is 0 Å². The lowest BCUT2D eigenvalue weighted by Gasteiger charge is -2.14. The van der Waals surface area contributed by atoms with Gasteiger partial charge in [-0.3, -0.25) is 0 Å². The fraction of sp³-hybridized carbons (Fsp3) is 0. The number of rotatable bonds is 0. The molecule has 1 aromatic carbocycles. The molecule has 2 aromatic rings. The van der Waals surface area contributed by atoms with Crippen LogP contribution in [0.5, 0.6) is 5.75 Å². The van der Waals surface area contributed by atoms with Crippen molar-refractivity contribution in [1.29, 1.82) is 0 Å². The van der Waals surface area contributed by atoms with Crippen molar-refractivity contribution in [3.63, 3.8) is 0 Å². The topological polar surface area (TPSA) is 73.1 Å². The van der Waals surface area contributed by atoms with Crippen LogP contribution >= 0.6 is 0 Å². The van der Waals surface area contributed by atoms with Crippen molar-refractivity contribution in [2.75, 3.05) is 11.1 Å². The SMILES string of the molecule is Nc1ncnc2cc3c(cc12)NC=CO3. The predicted octanol–water partition coefficient (Wildman–Crippen LogP) is 1.49. The van der Waals surface area contributed by atoms with Crippen LogP contribution in [0.1, 0.15) is 0 Å². The second-order valence-electron chi connectivity index (χ2n) is 3.19. The van der Waals surface area contributed by atoms with Crippen LogP contribution < -0.4 is 15.8 Å². The molecule has 1 aromatic heterocycles. The summed E-state index contributed by atoms with van der Waals surface area (Å²) in [5, 5.41) is 3.89. The number of hydrogen-bond acceptors (Lipinski definition) is 5. The summed E-state index contributed by atoms with van der Waals surface area (Å²) in [5.41, 5.74) is 7.40. The molecule has 5 nitrogen and oxygen atoms in total. The first-order valence-corrected chi connectivity index (χ1v) is 4.47. The summed E-state index contributed by atoms with van der Waals surface area (Å²) in [5.74, 6) is 1.21. The summed E-state index contributed by atoms with van der Waals surface area (Å²) in [6.07, 6.45) is 4.74. The van der Waals surface area contributed by atoms with Gasteiger partial charge in [0.2, 0.25) is 0 Å². The number of nitrogen functional groups attached to an aromatic ring is 1. The summed E-state index contributed by atoms with van der Waals surface area (Å²) in [6.45, 7) is 0. The fourth-order valence-corrected chi connectivity index (χ4v) is 1.55. The molecule has 0 saturated heterocycles. The van der Waals surface area contributed by atoms with Crippen LogP contribution in [0.2, 0.25) is 0 Å². The number of ether oxygens (including phenoxy) is 1. The number of nitrogens with two attached hydrogens (primary N) is 1. The molecule has 2 heterocycles. The van der Waals surface area contributed by atoms with Crippen molar-refractivity contribution in [2.45, 2.75) is 0 Å². The second kappa shape index (κ2) is 2.84. The molecule has 1 aliphatic heterocycles. The van der Waals surface area contributed by atoms with E-state index in [1.54, 1.807) is 12.5 Å². The van der Waals surface area contributed by atoms with Crippen LogP contribution in [0, 0.1) is 0 Å². The largest absolute Gasteiger partial charge is 0.461 e. The van der Waals surface area contributed by atoms with Crippen LogP contribution in [0.15, 0.2) is 30.9 Å². The van der Waals surface area contributed by atoms with Gasteiger partial charge in [-0.1, -0.05) is 0 Å². The second-order valence-corrected chi connectivity index (χ2v) is 3.19. The maximum absolute atomic E-state index is 5.75. The van der Waals surface area contributed by atoms with Gasteiger partial charge in [0.15, 0.2) is 5.75 Å². The number of fused-ring (bicyclic) bond motifs is 2. The average molecular weight is 200 g/mol. The first-order chi connectivity index (χ1) is 7.34. The first-order valence-electron chi connectivity index (χ1n) is 4.47. The third-order valence-electron chi connectivity index (χ3n) is 2.27. The molecular formula is C10H8N4O. The fourth-order valence-electron chi connectivity index (χ4n) is 1.55. The molecule has 0 radical (unpaired) electrons. The smallest absolute Gasteiger partial charge is 0.152 e. The highest BCUT2D eigenvalue weighted by atomic mass is 16.5. The molecule has 0 amide bonds. The van der Waals surface area contributed by atoms with Gasteiger partial charge >= 0.3 is 0 Å². The molecule has 0 aliphatic carbocycles. The standard InChI is InChI=1S/C10H8N4O/c11-10-6-3-8-9(15-2-1-12-8)4-7(6)13-5-14-10/h1-5,12H,(H2,11,13,14). The Labute approximate surface area is 85.6 Å². The maximum Gasteiger partial charge on any atom is 0.152 e. The van der Waals surface area contributed by atoms with E-state index in [0.717, 1.165) is 22.3 Å². The van der Waals surface area contributed by atoms with Crippen molar-refractivity contribution >= 4 is 22.4 Å². The molecule has 74 valence electrons. The van der Waals surface area contributed by atoms with Crippen LogP contribution in [0.25, 0.3) is 10.9 Å². The Morgan fingerprint density at radius 2 is 2.20 bits per heavy atom. The van der Waals surface area contributed by atoms with Crippen LogP contribution in [-0.2, 0) is 0 Å². The molecular weight excluding hydrogens is 192 g/mol. The Kier molecular flexibility index (Phi) is 1.53. The van der Waals surface area contributed by atoms with E-state index >= 15 is 0 Å². The Bertz CT molecular complexity index is 565. The van der Waals surface area contributed by atoms with E-state index in [2.05, 4.69) is 15.3 Å². The zero-order valence-electron chi connectivity index (χ0n) is 7.77. The van der Waals surface area contributed by atoms with Gasteiger partial charge in [0.25, 0.3) is 0 Å². The molecule has 0 saturated carbocycles. The number of hydrogen-bond donors (Lipinski definition) is 2. The minimum Gasteiger partial charge on any atom is -0.461 e. The van der Waals surface area contributed by atoms with Gasteiger partial charge in [-0.05, 0) is 6.07 Å². The van der Waals surface area contributed by atoms with Crippen molar-refractivity contribution in [3.05, 3.63) is 30.9 Å². The highest BCUT2D eigenvalue weighted by molar-refractivity contribution is 5.93. The lowest BCUT2D eigenvalue weighted by molar-refractivity contribution is 0.478. The summed E-state index contributed by atoms with van der Waals surface area (Å²) in [6, 6.07) is 3.71. The summed E-state index contributed by atoms with van der Waals surface area (Å²) in [4.78, 5) is 8.06.